The van der Waals surface area contributed by atoms with Crippen LogP contribution >= 0.6 is 0 Å². The van der Waals surface area contributed by atoms with Crippen molar-refractivity contribution in [1.29, 1.82) is 0 Å². The Kier molecular flexibility index (Phi) is 3.94. The quantitative estimate of drug-likeness (QED) is 0.906. The van der Waals surface area contributed by atoms with Crippen molar-refractivity contribution in [2.45, 2.75) is 6.54 Å². The van der Waals surface area contributed by atoms with E-state index in [-0.39, 0.29) is 11.6 Å². The average Bonchev–Trinajstić information content (AvgIpc) is 2.76. The monoisotopic (exact) mass is 302 g/mol. The molecule has 3 rings (SSSR count). The summed E-state index contributed by atoms with van der Waals surface area (Å²) in [5, 5.41) is 9.57. The number of benzene rings is 1. The Morgan fingerprint density at radius 2 is 1.68 bits per heavy atom. The highest BCUT2D eigenvalue weighted by Gasteiger charge is 2.14. The van der Waals surface area contributed by atoms with Crippen molar-refractivity contribution < 1.29 is 5.11 Å². The van der Waals surface area contributed by atoms with E-state index in [9.17, 15) is 9.90 Å². The molecule has 0 amide bonds. The maximum atomic E-state index is 11.9. The van der Waals surface area contributed by atoms with Crippen molar-refractivity contribution in [2.24, 2.45) is 7.05 Å². The third-order valence-corrected chi connectivity index (χ3v) is 4.31. The van der Waals surface area contributed by atoms with Crippen LogP contribution in [-0.4, -0.2) is 52.4 Å². The molecule has 0 bridgehead atoms. The van der Waals surface area contributed by atoms with Gasteiger partial charge >= 0.3 is 5.69 Å². The number of imidazole rings is 1. The summed E-state index contributed by atoms with van der Waals surface area (Å²) in [5.41, 5.74) is 2.06. The van der Waals surface area contributed by atoms with E-state index in [1.807, 2.05) is 12.1 Å². The third kappa shape index (κ3) is 2.87. The van der Waals surface area contributed by atoms with Crippen LogP contribution in [0, 0.1) is 0 Å². The Morgan fingerprint density at radius 3 is 2.23 bits per heavy atom. The van der Waals surface area contributed by atoms with Crippen LogP contribution in [0.5, 0.6) is 5.88 Å². The molecule has 1 N–H and O–H groups in total. The molecule has 1 aromatic heterocycles. The first-order chi connectivity index (χ1) is 10.5. The third-order valence-electron chi connectivity index (χ3n) is 4.31. The Balaban J connectivity index is 1.71. The van der Waals surface area contributed by atoms with Crippen molar-refractivity contribution in [3.63, 3.8) is 0 Å². The minimum Gasteiger partial charge on any atom is -0.493 e. The lowest BCUT2D eigenvalue weighted by molar-refractivity contribution is 0.313. The Morgan fingerprint density at radius 1 is 1.05 bits per heavy atom. The number of aromatic nitrogens is 2. The summed E-state index contributed by atoms with van der Waals surface area (Å²) in [5.74, 6) is -0.0148. The zero-order chi connectivity index (χ0) is 15.7. The highest BCUT2D eigenvalue weighted by atomic mass is 16.3. The summed E-state index contributed by atoms with van der Waals surface area (Å²) < 4.78 is 2.75. The topological polar surface area (TPSA) is 53.6 Å². The van der Waals surface area contributed by atoms with Gasteiger partial charge in [-0.25, -0.2) is 4.79 Å². The molecule has 0 spiro atoms. The molecular weight excluding hydrogens is 280 g/mol. The fourth-order valence-corrected chi connectivity index (χ4v) is 2.76. The molecule has 0 atom stereocenters. The Labute approximate surface area is 129 Å². The van der Waals surface area contributed by atoms with E-state index in [4.69, 9.17) is 0 Å². The van der Waals surface area contributed by atoms with Gasteiger partial charge in [0.2, 0.25) is 5.88 Å². The van der Waals surface area contributed by atoms with Gasteiger partial charge < -0.3 is 14.9 Å². The summed E-state index contributed by atoms with van der Waals surface area (Å²) in [6.45, 7) is 4.72. The SMILES string of the molecule is CN1CCN(c2ccc(Cn3cc(O)n(C)c3=O)cc2)CC1. The van der Waals surface area contributed by atoms with Gasteiger partial charge in [0.15, 0.2) is 0 Å². The van der Waals surface area contributed by atoms with E-state index in [2.05, 4.69) is 29.0 Å². The maximum absolute atomic E-state index is 11.9. The molecule has 1 fully saturated rings. The summed E-state index contributed by atoms with van der Waals surface area (Å²) in [4.78, 5) is 16.6. The molecule has 0 unspecified atom stereocenters. The number of likely N-dealkylation sites (N-methyl/N-ethyl adjacent to an activating group) is 1. The lowest BCUT2D eigenvalue weighted by Gasteiger charge is -2.34. The summed E-state index contributed by atoms with van der Waals surface area (Å²) in [7, 11) is 3.71. The van der Waals surface area contributed by atoms with Crippen LogP contribution in [0.3, 0.4) is 0 Å². The first-order valence-corrected chi connectivity index (χ1v) is 7.52. The Hall–Kier alpha value is -2.21. The van der Waals surface area contributed by atoms with E-state index in [0.717, 1.165) is 31.7 Å². The molecule has 2 aromatic rings. The van der Waals surface area contributed by atoms with Crippen molar-refractivity contribution in [3.8, 4) is 5.88 Å². The van der Waals surface area contributed by atoms with Gasteiger partial charge in [0.05, 0.1) is 12.7 Å². The van der Waals surface area contributed by atoms with Crippen molar-refractivity contribution >= 4 is 5.69 Å². The fraction of sp³-hybridized carbons (Fsp3) is 0.438. The molecule has 6 heteroatoms. The maximum Gasteiger partial charge on any atom is 0.331 e. The van der Waals surface area contributed by atoms with E-state index in [1.165, 1.54) is 21.0 Å². The minimum atomic E-state index is -0.208. The number of piperazine rings is 1. The molecule has 0 radical (unpaired) electrons. The predicted molar refractivity (Wildman–Crippen MR) is 86.6 cm³/mol. The van der Waals surface area contributed by atoms with Gasteiger partial charge in [0, 0.05) is 38.9 Å². The van der Waals surface area contributed by atoms with Gasteiger partial charge in [-0.3, -0.25) is 9.13 Å². The predicted octanol–water partition coefficient (Wildman–Crippen LogP) is 0.692. The smallest absolute Gasteiger partial charge is 0.331 e. The summed E-state index contributed by atoms with van der Waals surface area (Å²) in [6.07, 6.45) is 1.47. The molecule has 0 saturated carbocycles. The van der Waals surface area contributed by atoms with E-state index < -0.39 is 0 Å². The Bertz CT molecular complexity index is 694. The molecule has 118 valence electrons. The number of hydrogen-bond donors (Lipinski definition) is 1. The highest BCUT2D eigenvalue weighted by Crippen LogP contribution is 2.17. The van der Waals surface area contributed by atoms with Gasteiger partial charge in [0.1, 0.15) is 0 Å². The van der Waals surface area contributed by atoms with E-state index in [0.29, 0.717) is 6.54 Å². The molecule has 0 aliphatic carbocycles. The summed E-state index contributed by atoms with van der Waals surface area (Å²) >= 11 is 0. The van der Waals surface area contributed by atoms with Crippen LogP contribution in [0.2, 0.25) is 0 Å². The first kappa shape index (κ1) is 14.7. The molecule has 1 aromatic carbocycles. The molecule has 1 aliphatic heterocycles. The minimum absolute atomic E-state index is 0.0148. The molecule has 1 saturated heterocycles. The highest BCUT2D eigenvalue weighted by molar-refractivity contribution is 5.48. The van der Waals surface area contributed by atoms with E-state index >= 15 is 0 Å². The van der Waals surface area contributed by atoms with Gasteiger partial charge in [-0.05, 0) is 24.7 Å². The zero-order valence-corrected chi connectivity index (χ0v) is 13.1. The number of rotatable bonds is 3. The zero-order valence-electron chi connectivity index (χ0n) is 13.1. The number of anilines is 1. The lowest BCUT2D eigenvalue weighted by atomic mass is 10.2. The molecule has 2 heterocycles. The average molecular weight is 302 g/mol. The standard InChI is InChI=1S/C16H22N4O2/c1-17-7-9-19(10-8-17)14-5-3-13(4-6-14)11-20-12-15(21)18(2)16(20)22/h3-6,12,21H,7-11H2,1-2H3. The van der Waals surface area contributed by atoms with Gasteiger partial charge in [0.25, 0.3) is 0 Å². The molecule has 1 aliphatic rings. The normalized spacial score (nSPS) is 16.2. The van der Waals surface area contributed by atoms with Crippen LogP contribution in [-0.2, 0) is 13.6 Å². The van der Waals surface area contributed by atoms with Gasteiger partial charge in [-0.15, -0.1) is 0 Å². The lowest BCUT2D eigenvalue weighted by Crippen LogP contribution is -2.44. The molecule has 22 heavy (non-hydrogen) atoms. The van der Waals surface area contributed by atoms with Crippen LogP contribution < -0.4 is 10.6 Å². The molecule has 6 nitrogen and oxygen atoms in total. The number of hydrogen-bond acceptors (Lipinski definition) is 4. The van der Waals surface area contributed by atoms with Crippen LogP contribution in [0.4, 0.5) is 5.69 Å². The van der Waals surface area contributed by atoms with Gasteiger partial charge in [-0.1, -0.05) is 12.1 Å². The number of nitrogens with zero attached hydrogens (tertiary/aromatic N) is 4. The van der Waals surface area contributed by atoms with Crippen LogP contribution in [0.25, 0.3) is 0 Å². The van der Waals surface area contributed by atoms with E-state index in [1.54, 1.807) is 7.05 Å². The summed E-state index contributed by atoms with van der Waals surface area (Å²) in [6, 6.07) is 8.30. The second kappa shape index (κ2) is 5.88. The van der Waals surface area contributed by atoms with Crippen LogP contribution in [0.15, 0.2) is 35.3 Å². The van der Waals surface area contributed by atoms with Crippen molar-refractivity contribution in [3.05, 3.63) is 46.5 Å². The second-order valence-corrected chi connectivity index (χ2v) is 5.91. The van der Waals surface area contributed by atoms with Crippen molar-refractivity contribution in [1.82, 2.24) is 14.0 Å². The largest absolute Gasteiger partial charge is 0.493 e. The number of aromatic hydroxyl groups is 1. The fourth-order valence-electron chi connectivity index (χ4n) is 2.76. The van der Waals surface area contributed by atoms with Crippen molar-refractivity contribution in [2.75, 3.05) is 38.1 Å². The second-order valence-electron chi connectivity index (χ2n) is 5.91. The van der Waals surface area contributed by atoms with Crippen LogP contribution in [0.1, 0.15) is 5.56 Å². The molecular formula is C16H22N4O2. The van der Waals surface area contributed by atoms with Gasteiger partial charge in [-0.2, -0.15) is 0 Å². The first-order valence-electron chi connectivity index (χ1n) is 7.52.